The highest BCUT2D eigenvalue weighted by atomic mass is 32.1. The molecule has 0 aliphatic heterocycles. The minimum absolute atomic E-state index is 0.0291. The Kier molecular flexibility index (Phi) is 4.39. The van der Waals surface area contributed by atoms with Crippen molar-refractivity contribution in [2.45, 2.75) is 13.8 Å². The fourth-order valence-corrected chi connectivity index (χ4v) is 2.76. The summed E-state index contributed by atoms with van der Waals surface area (Å²) in [4.78, 5) is 25.0. The summed E-state index contributed by atoms with van der Waals surface area (Å²) in [6.45, 7) is 4.03. The number of hydrogen-bond donors (Lipinski definition) is 0. The van der Waals surface area contributed by atoms with Gasteiger partial charge < -0.3 is 0 Å². The van der Waals surface area contributed by atoms with E-state index in [-0.39, 0.29) is 5.78 Å². The van der Waals surface area contributed by atoms with Gasteiger partial charge in [-0.3, -0.25) is 4.79 Å². The maximum Gasteiger partial charge on any atom is 0.188 e. The number of carbonyl (C=O) groups is 1. The number of thiazole rings is 1. The van der Waals surface area contributed by atoms with Crippen molar-refractivity contribution in [1.82, 2.24) is 15.0 Å². The third kappa shape index (κ3) is 3.57. The van der Waals surface area contributed by atoms with E-state index in [4.69, 9.17) is 0 Å². The highest BCUT2D eigenvalue weighted by molar-refractivity contribution is 7.13. The molecule has 2 aromatic heterocycles. The molecule has 0 fully saturated rings. The summed E-state index contributed by atoms with van der Waals surface area (Å²) in [7, 11) is 0. The highest BCUT2D eigenvalue weighted by Crippen LogP contribution is 2.20. The molecule has 0 spiro atoms. The number of rotatable bonds is 4. The second kappa shape index (κ2) is 6.62. The van der Waals surface area contributed by atoms with Gasteiger partial charge in [0.25, 0.3) is 0 Å². The van der Waals surface area contributed by atoms with Gasteiger partial charge in [0.1, 0.15) is 0 Å². The van der Waals surface area contributed by atoms with Gasteiger partial charge in [0.15, 0.2) is 16.6 Å². The van der Waals surface area contributed by atoms with Gasteiger partial charge >= 0.3 is 0 Å². The Hall–Kier alpha value is -2.66. The fraction of sp³-hybridized carbons (Fsp3) is 0.111. The van der Waals surface area contributed by atoms with Crippen molar-refractivity contribution in [2.24, 2.45) is 0 Å². The number of aryl methyl sites for hydroxylation is 2. The first-order chi connectivity index (χ1) is 11.1. The Morgan fingerprint density at radius 1 is 1.13 bits per heavy atom. The average molecular weight is 321 g/mol. The predicted molar refractivity (Wildman–Crippen MR) is 92.4 cm³/mol. The predicted octanol–water partition coefficient (Wildman–Crippen LogP) is 4.11. The molecule has 0 N–H and O–H groups in total. The lowest BCUT2D eigenvalue weighted by Crippen LogP contribution is -1.95. The molecule has 0 saturated heterocycles. The molecule has 0 saturated carbocycles. The summed E-state index contributed by atoms with van der Waals surface area (Å²) < 4.78 is 0. The number of hydrogen-bond acceptors (Lipinski definition) is 5. The van der Waals surface area contributed by atoms with Crippen LogP contribution in [0.15, 0.2) is 48.1 Å². The second-order valence-electron chi connectivity index (χ2n) is 5.15. The molecule has 0 bridgehead atoms. The van der Waals surface area contributed by atoms with Crippen molar-refractivity contribution < 1.29 is 4.79 Å². The third-order valence-electron chi connectivity index (χ3n) is 3.48. The number of ketones is 1. The van der Waals surface area contributed by atoms with Gasteiger partial charge in [0.05, 0.1) is 5.69 Å². The van der Waals surface area contributed by atoms with Crippen LogP contribution in [0.3, 0.4) is 0 Å². The van der Waals surface area contributed by atoms with Gasteiger partial charge in [-0.2, -0.15) is 0 Å². The monoisotopic (exact) mass is 321 g/mol. The standard InChI is InChI=1S/C18H15N3OS/c1-12-4-5-14(10-13(12)2)16(22)7-6-15-11-23-18(21-15)17-19-8-3-9-20-17/h3-11H,1-2H3/b7-6-. The van der Waals surface area contributed by atoms with Crippen LogP contribution in [0.2, 0.25) is 0 Å². The lowest BCUT2D eigenvalue weighted by atomic mass is 10.0. The van der Waals surface area contributed by atoms with E-state index in [2.05, 4.69) is 15.0 Å². The molecule has 114 valence electrons. The van der Waals surface area contributed by atoms with Gasteiger partial charge in [-0.15, -0.1) is 11.3 Å². The summed E-state index contributed by atoms with van der Waals surface area (Å²) in [5.74, 6) is 0.566. The molecule has 0 radical (unpaired) electrons. The van der Waals surface area contributed by atoms with E-state index < -0.39 is 0 Å². The lowest BCUT2D eigenvalue weighted by molar-refractivity contribution is 0.104. The average Bonchev–Trinajstić information content (AvgIpc) is 3.05. The SMILES string of the molecule is Cc1ccc(C(=O)/C=C\c2csc(-c3ncccn3)n2)cc1C. The van der Waals surface area contributed by atoms with Crippen LogP contribution in [0.4, 0.5) is 0 Å². The van der Waals surface area contributed by atoms with Crippen molar-refractivity contribution >= 4 is 23.2 Å². The molecule has 3 rings (SSSR count). The first-order valence-electron chi connectivity index (χ1n) is 7.16. The minimum Gasteiger partial charge on any atom is -0.289 e. The first kappa shape index (κ1) is 15.2. The Morgan fingerprint density at radius 3 is 2.65 bits per heavy atom. The summed E-state index contributed by atoms with van der Waals surface area (Å²) in [5.41, 5.74) is 3.71. The van der Waals surface area contributed by atoms with E-state index in [0.29, 0.717) is 11.4 Å². The van der Waals surface area contributed by atoms with Crippen LogP contribution in [0, 0.1) is 13.8 Å². The maximum absolute atomic E-state index is 12.2. The zero-order chi connectivity index (χ0) is 16.2. The lowest BCUT2D eigenvalue weighted by Gasteiger charge is -2.01. The van der Waals surface area contributed by atoms with E-state index in [0.717, 1.165) is 16.3 Å². The summed E-state index contributed by atoms with van der Waals surface area (Å²) in [6.07, 6.45) is 6.64. The van der Waals surface area contributed by atoms with Crippen LogP contribution in [0.1, 0.15) is 27.2 Å². The van der Waals surface area contributed by atoms with Crippen LogP contribution >= 0.6 is 11.3 Å². The van der Waals surface area contributed by atoms with Crippen molar-refractivity contribution in [1.29, 1.82) is 0 Å². The highest BCUT2D eigenvalue weighted by Gasteiger charge is 2.06. The zero-order valence-electron chi connectivity index (χ0n) is 12.9. The number of benzene rings is 1. The fourth-order valence-electron chi connectivity index (χ4n) is 2.03. The van der Waals surface area contributed by atoms with Gasteiger partial charge in [-0.1, -0.05) is 12.1 Å². The van der Waals surface area contributed by atoms with Crippen LogP contribution in [0.25, 0.3) is 16.9 Å². The van der Waals surface area contributed by atoms with Gasteiger partial charge in [-0.05, 0) is 49.3 Å². The molecule has 4 nitrogen and oxygen atoms in total. The third-order valence-corrected chi connectivity index (χ3v) is 4.33. The first-order valence-corrected chi connectivity index (χ1v) is 8.04. The van der Waals surface area contributed by atoms with Crippen LogP contribution < -0.4 is 0 Å². The van der Waals surface area contributed by atoms with Gasteiger partial charge in [0.2, 0.25) is 0 Å². The van der Waals surface area contributed by atoms with Crippen molar-refractivity contribution in [2.75, 3.05) is 0 Å². The summed E-state index contributed by atoms with van der Waals surface area (Å²) in [5, 5.41) is 2.62. The summed E-state index contributed by atoms with van der Waals surface area (Å²) in [6, 6.07) is 7.48. The van der Waals surface area contributed by atoms with Crippen molar-refractivity contribution in [3.63, 3.8) is 0 Å². The van der Waals surface area contributed by atoms with Crippen LogP contribution in [0.5, 0.6) is 0 Å². The molecular weight excluding hydrogens is 306 g/mol. The van der Waals surface area contributed by atoms with Crippen molar-refractivity contribution in [3.05, 3.63) is 70.5 Å². The maximum atomic E-state index is 12.2. The second-order valence-corrected chi connectivity index (χ2v) is 6.00. The summed E-state index contributed by atoms with van der Waals surface area (Å²) >= 11 is 1.46. The quantitative estimate of drug-likeness (QED) is 0.536. The molecule has 0 aliphatic rings. The number of aromatic nitrogens is 3. The molecule has 0 amide bonds. The number of allylic oxidation sites excluding steroid dienone is 1. The van der Waals surface area contributed by atoms with Crippen LogP contribution in [-0.2, 0) is 0 Å². The Morgan fingerprint density at radius 2 is 1.91 bits per heavy atom. The van der Waals surface area contributed by atoms with E-state index in [1.807, 2.05) is 37.4 Å². The molecule has 3 aromatic rings. The Bertz CT molecular complexity index is 869. The normalized spacial score (nSPS) is 11.0. The van der Waals surface area contributed by atoms with Crippen LogP contribution in [-0.4, -0.2) is 20.7 Å². The molecular formula is C18H15N3OS. The van der Waals surface area contributed by atoms with Gasteiger partial charge in [-0.25, -0.2) is 15.0 Å². The zero-order valence-corrected chi connectivity index (χ0v) is 13.7. The largest absolute Gasteiger partial charge is 0.289 e. The topological polar surface area (TPSA) is 55.7 Å². The van der Waals surface area contributed by atoms with Gasteiger partial charge in [0, 0.05) is 23.3 Å². The molecule has 5 heteroatoms. The number of carbonyl (C=O) groups excluding carboxylic acids is 1. The molecule has 2 heterocycles. The smallest absolute Gasteiger partial charge is 0.188 e. The van der Waals surface area contributed by atoms with E-state index in [1.54, 1.807) is 30.6 Å². The number of nitrogens with zero attached hydrogens (tertiary/aromatic N) is 3. The Balaban J connectivity index is 1.76. The Labute approximate surface area is 138 Å². The molecule has 23 heavy (non-hydrogen) atoms. The minimum atomic E-state index is -0.0291. The van der Waals surface area contributed by atoms with E-state index >= 15 is 0 Å². The van der Waals surface area contributed by atoms with E-state index in [9.17, 15) is 4.79 Å². The molecule has 1 aromatic carbocycles. The van der Waals surface area contributed by atoms with E-state index in [1.165, 1.54) is 16.9 Å². The molecule has 0 aliphatic carbocycles. The molecule has 0 atom stereocenters. The van der Waals surface area contributed by atoms with Crippen molar-refractivity contribution in [3.8, 4) is 10.8 Å². The molecule has 0 unspecified atom stereocenters.